The molecule has 7 nitrogen and oxygen atoms in total. The van der Waals surface area contributed by atoms with Gasteiger partial charge in [0, 0.05) is 11.6 Å². The summed E-state index contributed by atoms with van der Waals surface area (Å²) in [5, 5.41) is 13.3. The predicted molar refractivity (Wildman–Crippen MR) is 93.7 cm³/mol. The van der Waals surface area contributed by atoms with Crippen molar-refractivity contribution in [2.24, 2.45) is 0 Å². The van der Waals surface area contributed by atoms with Crippen molar-refractivity contribution in [2.75, 3.05) is 6.54 Å². The van der Waals surface area contributed by atoms with E-state index in [-0.39, 0.29) is 12.1 Å². The molecule has 0 bridgehead atoms. The van der Waals surface area contributed by atoms with Gasteiger partial charge in [-0.15, -0.1) is 15.0 Å². The van der Waals surface area contributed by atoms with Crippen molar-refractivity contribution in [3.8, 4) is 5.69 Å². The van der Waals surface area contributed by atoms with Crippen molar-refractivity contribution in [1.82, 2.24) is 25.1 Å². The fraction of sp³-hybridized carbons (Fsp3) is 0.529. The van der Waals surface area contributed by atoms with Crippen molar-refractivity contribution < 1.29 is 9.53 Å². The zero-order valence-electron chi connectivity index (χ0n) is 14.6. The van der Waals surface area contributed by atoms with Crippen LogP contribution in [0.2, 0.25) is 5.02 Å². The van der Waals surface area contributed by atoms with Crippen LogP contribution in [-0.2, 0) is 4.74 Å². The number of benzene rings is 1. The van der Waals surface area contributed by atoms with Crippen LogP contribution in [0.4, 0.5) is 4.79 Å². The van der Waals surface area contributed by atoms with E-state index in [2.05, 4.69) is 15.4 Å². The molecule has 0 aliphatic carbocycles. The highest BCUT2D eigenvalue weighted by molar-refractivity contribution is 6.30. The summed E-state index contributed by atoms with van der Waals surface area (Å²) in [6.07, 6.45) is 2.41. The minimum absolute atomic E-state index is 0.225. The quantitative estimate of drug-likeness (QED) is 0.811. The second-order valence-corrected chi connectivity index (χ2v) is 7.54. The van der Waals surface area contributed by atoms with E-state index in [0.29, 0.717) is 17.4 Å². The molecule has 2 heterocycles. The molecule has 1 saturated heterocycles. The van der Waals surface area contributed by atoms with E-state index >= 15 is 0 Å². The van der Waals surface area contributed by atoms with Crippen molar-refractivity contribution in [3.05, 3.63) is 35.1 Å². The summed E-state index contributed by atoms with van der Waals surface area (Å²) >= 11 is 6.02. The number of hydrogen-bond acceptors (Lipinski definition) is 5. The minimum atomic E-state index is -0.537. The molecule has 2 aromatic rings. The average Bonchev–Trinajstić information content (AvgIpc) is 3.03. The van der Waals surface area contributed by atoms with Gasteiger partial charge >= 0.3 is 6.09 Å². The molecule has 25 heavy (non-hydrogen) atoms. The van der Waals surface area contributed by atoms with Gasteiger partial charge in [0.05, 0.1) is 11.7 Å². The van der Waals surface area contributed by atoms with Gasteiger partial charge < -0.3 is 4.74 Å². The van der Waals surface area contributed by atoms with Crippen LogP contribution in [0.1, 0.15) is 51.9 Å². The summed E-state index contributed by atoms with van der Waals surface area (Å²) in [7, 11) is 0. The summed E-state index contributed by atoms with van der Waals surface area (Å²) in [6, 6.07) is 7.00. The molecule has 0 radical (unpaired) electrons. The molecule has 1 aliphatic rings. The summed E-state index contributed by atoms with van der Waals surface area (Å²) in [4.78, 5) is 15.7. The Balaban J connectivity index is 1.82. The Morgan fingerprint density at radius 3 is 2.84 bits per heavy atom. The number of carbonyl (C=O) groups is 1. The number of tetrazole rings is 1. The molecule has 1 aromatic heterocycles. The Labute approximate surface area is 151 Å². The highest BCUT2D eigenvalue weighted by atomic mass is 35.5. The molecule has 134 valence electrons. The van der Waals surface area contributed by atoms with E-state index in [1.54, 1.807) is 17.0 Å². The van der Waals surface area contributed by atoms with E-state index in [1.807, 2.05) is 32.9 Å². The summed E-state index contributed by atoms with van der Waals surface area (Å²) < 4.78 is 5.52. The number of ether oxygens (including phenoxy) is 1. The van der Waals surface area contributed by atoms with Crippen LogP contribution in [0, 0.1) is 0 Å². The smallest absolute Gasteiger partial charge is 0.410 e. The molecule has 0 saturated carbocycles. The third kappa shape index (κ3) is 4.28. The van der Waals surface area contributed by atoms with Crippen molar-refractivity contribution in [2.45, 2.75) is 51.7 Å². The molecule has 8 heteroatoms. The van der Waals surface area contributed by atoms with Gasteiger partial charge in [-0.1, -0.05) is 17.7 Å². The highest BCUT2D eigenvalue weighted by Crippen LogP contribution is 2.30. The van der Waals surface area contributed by atoms with E-state index in [0.717, 1.165) is 24.9 Å². The molecule has 1 aromatic carbocycles. The Morgan fingerprint density at radius 2 is 2.12 bits per heavy atom. The first-order chi connectivity index (χ1) is 11.8. The average molecular weight is 364 g/mol. The van der Waals surface area contributed by atoms with Crippen LogP contribution in [-0.4, -0.2) is 43.3 Å². The van der Waals surface area contributed by atoms with E-state index < -0.39 is 5.60 Å². The minimum Gasteiger partial charge on any atom is -0.444 e. The summed E-state index contributed by atoms with van der Waals surface area (Å²) in [5.41, 5.74) is 0.191. The lowest BCUT2D eigenvalue weighted by atomic mass is 10.0. The van der Waals surface area contributed by atoms with Crippen LogP contribution in [0.15, 0.2) is 24.3 Å². The number of hydrogen-bond donors (Lipinski definition) is 0. The first-order valence-electron chi connectivity index (χ1n) is 8.39. The Kier molecular flexibility index (Phi) is 4.94. The zero-order valence-corrected chi connectivity index (χ0v) is 15.4. The van der Waals surface area contributed by atoms with Gasteiger partial charge in [0.15, 0.2) is 5.82 Å². The largest absolute Gasteiger partial charge is 0.444 e. The van der Waals surface area contributed by atoms with Crippen molar-refractivity contribution in [1.29, 1.82) is 0 Å². The lowest BCUT2D eigenvalue weighted by Crippen LogP contribution is -2.42. The highest BCUT2D eigenvalue weighted by Gasteiger charge is 2.34. The number of likely N-dealkylation sites (tertiary alicyclic amines) is 1. The van der Waals surface area contributed by atoms with E-state index in [9.17, 15) is 4.79 Å². The van der Waals surface area contributed by atoms with Gasteiger partial charge in [0.1, 0.15) is 5.60 Å². The third-order valence-corrected chi connectivity index (χ3v) is 4.13. The van der Waals surface area contributed by atoms with Crippen LogP contribution >= 0.6 is 11.6 Å². The Bertz CT molecular complexity index is 755. The van der Waals surface area contributed by atoms with Crippen molar-refractivity contribution >= 4 is 17.7 Å². The maximum atomic E-state index is 12.5. The van der Waals surface area contributed by atoms with Crippen LogP contribution in [0.5, 0.6) is 0 Å². The second kappa shape index (κ2) is 7.00. The van der Waals surface area contributed by atoms with E-state index in [1.165, 1.54) is 4.80 Å². The number of aromatic nitrogens is 4. The number of amides is 1. The van der Waals surface area contributed by atoms with Crippen LogP contribution in [0.3, 0.4) is 0 Å². The van der Waals surface area contributed by atoms with Gasteiger partial charge in [-0.2, -0.15) is 0 Å². The molecule has 1 aliphatic heterocycles. The zero-order chi connectivity index (χ0) is 18.0. The van der Waals surface area contributed by atoms with Crippen molar-refractivity contribution in [3.63, 3.8) is 0 Å². The monoisotopic (exact) mass is 363 g/mol. The molecule has 1 amide bonds. The first-order valence-corrected chi connectivity index (χ1v) is 8.77. The predicted octanol–water partition coefficient (Wildman–Crippen LogP) is 3.78. The van der Waals surface area contributed by atoms with Gasteiger partial charge in [0.2, 0.25) is 0 Å². The molecule has 1 atom stereocenters. The van der Waals surface area contributed by atoms with E-state index in [4.69, 9.17) is 16.3 Å². The third-order valence-electron chi connectivity index (χ3n) is 3.90. The fourth-order valence-electron chi connectivity index (χ4n) is 2.81. The maximum absolute atomic E-state index is 12.5. The molecule has 1 fully saturated rings. The Hall–Kier alpha value is -2.15. The number of halogens is 1. The number of piperidine rings is 1. The van der Waals surface area contributed by atoms with Crippen LogP contribution < -0.4 is 0 Å². The molecular formula is C17H22ClN5O2. The SMILES string of the molecule is CC(C)(C)OC(=O)N1CCCC[C@@H]1c1nnn(-c2cccc(Cl)c2)n1. The van der Waals surface area contributed by atoms with Crippen LogP contribution in [0.25, 0.3) is 5.69 Å². The number of carbonyl (C=O) groups excluding carboxylic acids is 1. The molecule has 0 unspecified atom stereocenters. The molecule has 0 N–H and O–H groups in total. The maximum Gasteiger partial charge on any atom is 0.410 e. The molecule has 0 spiro atoms. The normalized spacial score (nSPS) is 18.2. The van der Waals surface area contributed by atoms with Gasteiger partial charge in [-0.3, -0.25) is 4.90 Å². The molecule has 3 rings (SSSR count). The topological polar surface area (TPSA) is 73.1 Å². The van der Waals surface area contributed by atoms with Gasteiger partial charge in [0.25, 0.3) is 0 Å². The summed E-state index contributed by atoms with van der Waals surface area (Å²) in [6.45, 7) is 6.21. The van der Waals surface area contributed by atoms with Gasteiger partial charge in [-0.25, -0.2) is 4.79 Å². The van der Waals surface area contributed by atoms with Gasteiger partial charge in [-0.05, 0) is 63.4 Å². The summed E-state index contributed by atoms with van der Waals surface area (Å²) in [5.74, 6) is 0.519. The lowest BCUT2D eigenvalue weighted by Gasteiger charge is -2.35. The second-order valence-electron chi connectivity index (χ2n) is 7.10. The molecular weight excluding hydrogens is 342 g/mol. The standard InChI is InChI=1S/C17H22ClN5O2/c1-17(2,3)25-16(24)22-10-5-4-9-14(22)15-19-21-23(20-15)13-8-6-7-12(18)11-13/h6-8,11,14H,4-5,9-10H2,1-3H3/t14-/m1/s1. The Morgan fingerprint density at radius 1 is 1.32 bits per heavy atom. The fourth-order valence-corrected chi connectivity index (χ4v) is 2.99. The number of rotatable bonds is 2. The number of nitrogens with zero attached hydrogens (tertiary/aromatic N) is 5. The first kappa shape index (κ1) is 17.7. The lowest BCUT2D eigenvalue weighted by molar-refractivity contribution is 0.00843.